The van der Waals surface area contributed by atoms with Crippen molar-refractivity contribution in [2.75, 3.05) is 25.6 Å². The van der Waals surface area contributed by atoms with Gasteiger partial charge in [0.25, 0.3) is 0 Å². The van der Waals surface area contributed by atoms with Crippen LogP contribution in [0, 0.1) is 0 Å². The van der Waals surface area contributed by atoms with E-state index in [0.29, 0.717) is 12.5 Å². The summed E-state index contributed by atoms with van der Waals surface area (Å²) >= 11 is 5.69. The maximum Gasteiger partial charge on any atom is 0.332 e. The van der Waals surface area contributed by atoms with Crippen LogP contribution in [-0.4, -0.2) is 36.4 Å². The fourth-order valence-electron chi connectivity index (χ4n) is 1.90. The zero-order chi connectivity index (χ0) is 11.8. The van der Waals surface area contributed by atoms with Crippen LogP contribution in [0.2, 0.25) is 0 Å². The molecule has 0 aromatic rings. The highest BCUT2D eigenvalue weighted by atomic mass is 35.5. The highest BCUT2D eigenvalue weighted by molar-refractivity contribution is 6.17. The minimum atomic E-state index is -0.227. The quantitative estimate of drug-likeness (QED) is 0.424. The summed E-state index contributed by atoms with van der Waals surface area (Å²) in [4.78, 5) is 13.6. The molecular weight excluding hydrogens is 226 g/mol. The third kappa shape index (κ3) is 4.44. The van der Waals surface area contributed by atoms with Gasteiger partial charge in [-0.15, -0.1) is 11.6 Å². The molecule has 0 bridgehead atoms. The molecule has 0 atom stereocenters. The second-order valence-electron chi connectivity index (χ2n) is 3.87. The number of halogens is 1. The molecule has 0 unspecified atom stereocenters. The summed E-state index contributed by atoms with van der Waals surface area (Å²) in [5.74, 6) is 0.443. The lowest BCUT2D eigenvalue weighted by Crippen LogP contribution is -2.29. The molecule has 16 heavy (non-hydrogen) atoms. The lowest BCUT2D eigenvalue weighted by Gasteiger charge is -2.31. The zero-order valence-corrected chi connectivity index (χ0v) is 10.6. The summed E-state index contributed by atoms with van der Waals surface area (Å²) in [6.07, 6.45) is 5.92. The number of hydrogen-bond acceptors (Lipinski definition) is 3. The van der Waals surface area contributed by atoms with Gasteiger partial charge in [0.15, 0.2) is 0 Å². The molecular formula is C12H20ClNO2. The predicted molar refractivity (Wildman–Crippen MR) is 65.5 cm³/mol. The first-order chi connectivity index (χ1) is 7.77. The maximum absolute atomic E-state index is 11.4. The summed E-state index contributed by atoms with van der Waals surface area (Å²) < 4.78 is 4.93. The van der Waals surface area contributed by atoms with Gasteiger partial charge < -0.3 is 9.64 Å². The highest BCUT2D eigenvalue weighted by Gasteiger charge is 2.15. The number of nitrogens with zero attached hydrogens (tertiary/aromatic N) is 1. The second kappa shape index (κ2) is 7.55. The van der Waals surface area contributed by atoms with Gasteiger partial charge in [0.1, 0.15) is 0 Å². The number of carbonyl (C=O) groups is 1. The lowest BCUT2D eigenvalue weighted by atomic mass is 10.1. The van der Waals surface area contributed by atoms with Crippen molar-refractivity contribution in [1.82, 2.24) is 4.90 Å². The molecule has 0 aromatic heterocycles. The Morgan fingerprint density at radius 1 is 1.56 bits per heavy atom. The zero-order valence-electron chi connectivity index (χ0n) is 9.88. The van der Waals surface area contributed by atoms with Crippen molar-refractivity contribution in [2.24, 2.45) is 0 Å². The number of carbonyl (C=O) groups excluding carboxylic acids is 1. The molecule has 4 heteroatoms. The van der Waals surface area contributed by atoms with Crippen LogP contribution in [0.1, 0.15) is 32.6 Å². The molecule has 0 amide bonds. The minimum Gasteiger partial charge on any atom is -0.463 e. The largest absolute Gasteiger partial charge is 0.463 e. The van der Waals surface area contributed by atoms with Crippen LogP contribution in [0.25, 0.3) is 0 Å². The van der Waals surface area contributed by atoms with Crippen molar-refractivity contribution < 1.29 is 9.53 Å². The van der Waals surface area contributed by atoms with E-state index in [1.54, 1.807) is 6.08 Å². The highest BCUT2D eigenvalue weighted by Crippen LogP contribution is 2.20. The molecule has 0 saturated carbocycles. The van der Waals surface area contributed by atoms with E-state index in [2.05, 4.69) is 4.90 Å². The first-order valence-electron chi connectivity index (χ1n) is 5.96. The molecule has 92 valence electrons. The van der Waals surface area contributed by atoms with Gasteiger partial charge in [0.2, 0.25) is 0 Å². The van der Waals surface area contributed by atoms with Gasteiger partial charge >= 0.3 is 5.97 Å². The van der Waals surface area contributed by atoms with E-state index in [-0.39, 0.29) is 5.97 Å². The first-order valence-corrected chi connectivity index (χ1v) is 6.49. The number of hydrogen-bond donors (Lipinski definition) is 0. The first kappa shape index (κ1) is 13.4. The Kier molecular flexibility index (Phi) is 6.31. The number of piperidine rings is 1. The van der Waals surface area contributed by atoms with E-state index >= 15 is 0 Å². The van der Waals surface area contributed by atoms with Crippen molar-refractivity contribution in [1.29, 1.82) is 0 Å². The van der Waals surface area contributed by atoms with E-state index in [1.165, 1.54) is 6.42 Å². The van der Waals surface area contributed by atoms with E-state index in [9.17, 15) is 4.79 Å². The van der Waals surface area contributed by atoms with E-state index in [0.717, 1.165) is 38.0 Å². The fourth-order valence-corrected chi connectivity index (χ4v) is 2.02. The van der Waals surface area contributed by atoms with Crippen molar-refractivity contribution in [3.63, 3.8) is 0 Å². The van der Waals surface area contributed by atoms with Gasteiger partial charge in [-0.3, -0.25) is 0 Å². The fraction of sp³-hybridized carbons (Fsp3) is 0.750. The van der Waals surface area contributed by atoms with Gasteiger partial charge in [-0.1, -0.05) is 0 Å². The van der Waals surface area contributed by atoms with Crippen LogP contribution in [0.4, 0.5) is 0 Å². The smallest absolute Gasteiger partial charge is 0.332 e. The van der Waals surface area contributed by atoms with Gasteiger partial charge in [-0.25, -0.2) is 4.79 Å². The Balaban J connectivity index is 2.54. The number of ether oxygens (including phenoxy) is 1. The topological polar surface area (TPSA) is 29.5 Å². The lowest BCUT2D eigenvalue weighted by molar-refractivity contribution is -0.137. The van der Waals surface area contributed by atoms with Gasteiger partial charge in [0, 0.05) is 30.7 Å². The Morgan fingerprint density at radius 2 is 2.38 bits per heavy atom. The SMILES string of the molecule is CCOC(=O)C=C1CCCCN1CCCCl. The van der Waals surface area contributed by atoms with Crippen LogP contribution in [0.5, 0.6) is 0 Å². The Morgan fingerprint density at radius 3 is 3.06 bits per heavy atom. The number of alkyl halides is 1. The molecule has 0 radical (unpaired) electrons. The van der Waals surface area contributed by atoms with Crippen LogP contribution in [0.3, 0.4) is 0 Å². The van der Waals surface area contributed by atoms with Crippen LogP contribution in [0.15, 0.2) is 11.8 Å². The molecule has 0 aliphatic carbocycles. The van der Waals surface area contributed by atoms with Crippen LogP contribution < -0.4 is 0 Å². The number of likely N-dealkylation sites (tertiary alicyclic amines) is 1. The summed E-state index contributed by atoms with van der Waals surface area (Å²) in [6.45, 7) is 4.23. The van der Waals surface area contributed by atoms with Gasteiger partial charge in [0.05, 0.1) is 6.61 Å². The molecule has 0 spiro atoms. The molecule has 1 fully saturated rings. The third-order valence-electron chi connectivity index (χ3n) is 2.65. The van der Waals surface area contributed by atoms with Crippen molar-refractivity contribution in [2.45, 2.75) is 32.6 Å². The summed E-state index contributed by atoms with van der Waals surface area (Å²) in [6, 6.07) is 0. The van der Waals surface area contributed by atoms with E-state index in [4.69, 9.17) is 16.3 Å². The summed E-state index contributed by atoms with van der Waals surface area (Å²) in [7, 11) is 0. The average Bonchev–Trinajstić information content (AvgIpc) is 2.28. The molecule has 1 saturated heterocycles. The number of rotatable bonds is 5. The molecule has 1 aliphatic rings. The Hall–Kier alpha value is -0.700. The van der Waals surface area contributed by atoms with Gasteiger partial charge in [-0.05, 0) is 32.6 Å². The minimum absolute atomic E-state index is 0.227. The van der Waals surface area contributed by atoms with Crippen molar-refractivity contribution >= 4 is 17.6 Å². The molecule has 1 rings (SSSR count). The second-order valence-corrected chi connectivity index (χ2v) is 4.25. The number of esters is 1. The molecule has 0 aromatic carbocycles. The van der Waals surface area contributed by atoms with E-state index < -0.39 is 0 Å². The summed E-state index contributed by atoms with van der Waals surface area (Å²) in [5.41, 5.74) is 1.11. The van der Waals surface area contributed by atoms with Crippen molar-refractivity contribution in [3.8, 4) is 0 Å². The molecule has 1 heterocycles. The Labute approximate surface area is 102 Å². The maximum atomic E-state index is 11.4. The van der Waals surface area contributed by atoms with Crippen LogP contribution in [-0.2, 0) is 9.53 Å². The number of allylic oxidation sites excluding steroid dienone is 1. The van der Waals surface area contributed by atoms with Crippen molar-refractivity contribution in [3.05, 3.63) is 11.8 Å². The Bertz CT molecular complexity index is 253. The molecule has 3 nitrogen and oxygen atoms in total. The van der Waals surface area contributed by atoms with E-state index in [1.807, 2.05) is 6.92 Å². The standard InChI is InChI=1S/C12H20ClNO2/c1-2-16-12(15)10-11-6-3-4-8-14(11)9-5-7-13/h10H,2-9H2,1H3. The molecule has 1 aliphatic heterocycles. The normalized spacial score (nSPS) is 18.9. The average molecular weight is 246 g/mol. The van der Waals surface area contributed by atoms with Gasteiger partial charge in [-0.2, -0.15) is 0 Å². The summed E-state index contributed by atoms with van der Waals surface area (Å²) in [5, 5.41) is 0. The predicted octanol–water partition coefficient (Wildman–Crippen LogP) is 2.55. The molecule has 0 N–H and O–H groups in total. The third-order valence-corrected chi connectivity index (χ3v) is 2.92. The van der Waals surface area contributed by atoms with Crippen LogP contribution >= 0.6 is 11.6 Å². The monoisotopic (exact) mass is 245 g/mol.